The van der Waals surface area contributed by atoms with Crippen LogP contribution < -0.4 is 5.32 Å². The Kier molecular flexibility index (Phi) is 4.07. The van der Waals surface area contributed by atoms with Gasteiger partial charge in [-0.3, -0.25) is 9.19 Å². The zero-order valence-electron chi connectivity index (χ0n) is 9.61. The quantitative estimate of drug-likeness (QED) is 0.865. The van der Waals surface area contributed by atoms with Gasteiger partial charge in [-0.1, -0.05) is 6.07 Å². The fourth-order valence-corrected chi connectivity index (χ4v) is 3.24. The van der Waals surface area contributed by atoms with Crippen LogP contribution >= 0.6 is 0 Å². The van der Waals surface area contributed by atoms with E-state index in [9.17, 15) is 4.21 Å². The first-order valence-corrected chi connectivity index (χ1v) is 7.23. The molecule has 1 N–H and O–H groups in total. The van der Waals surface area contributed by atoms with E-state index in [0.29, 0.717) is 6.04 Å². The first-order chi connectivity index (χ1) is 7.75. The second-order valence-electron chi connectivity index (χ2n) is 4.27. The van der Waals surface area contributed by atoms with Gasteiger partial charge < -0.3 is 5.32 Å². The van der Waals surface area contributed by atoms with Gasteiger partial charge in [-0.25, -0.2) is 0 Å². The van der Waals surface area contributed by atoms with Crippen molar-refractivity contribution in [2.24, 2.45) is 0 Å². The van der Waals surface area contributed by atoms with E-state index in [4.69, 9.17) is 0 Å². The van der Waals surface area contributed by atoms with E-state index in [1.165, 1.54) is 5.56 Å². The van der Waals surface area contributed by atoms with Crippen LogP contribution in [-0.4, -0.2) is 26.7 Å². The molecule has 1 saturated heterocycles. The van der Waals surface area contributed by atoms with Crippen LogP contribution in [0.15, 0.2) is 18.3 Å². The van der Waals surface area contributed by atoms with Crippen molar-refractivity contribution in [3.05, 3.63) is 29.6 Å². The predicted octanol–water partition coefficient (Wildman–Crippen LogP) is 1.39. The largest absolute Gasteiger partial charge is 0.308 e. The summed E-state index contributed by atoms with van der Waals surface area (Å²) in [6, 6.07) is 4.56. The molecule has 0 unspecified atom stereocenters. The van der Waals surface area contributed by atoms with Gasteiger partial charge in [0.05, 0.1) is 5.69 Å². The maximum Gasteiger partial charge on any atom is 0.0570 e. The molecule has 2 rings (SSSR count). The molecule has 1 aromatic heterocycles. The van der Waals surface area contributed by atoms with Crippen LogP contribution in [-0.2, 0) is 17.3 Å². The smallest absolute Gasteiger partial charge is 0.0570 e. The molecule has 4 heteroatoms. The first kappa shape index (κ1) is 11.7. The zero-order valence-corrected chi connectivity index (χ0v) is 10.4. The van der Waals surface area contributed by atoms with Crippen LogP contribution in [0.3, 0.4) is 0 Å². The summed E-state index contributed by atoms with van der Waals surface area (Å²) in [5.41, 5.74) is 2.35. The van der Waals surface area contributed by atoms with E-state index >= 15 is 0 Å². The van der Waals surface area contributed by atoms with Crippen molar-refractivity contribution in [3.8, 4) is 0 Å². The topological polar surface area (TPSA) is 42.0 Å². The molecule has 1 aliphatic rings. The SMILES string of the molecule is Cc1cccnc1CNC1CCS(=O)CC1. The molecule has 3 nitrogen and oxygen atoms in total. The van der Waals surface area contributed by atoms with E-state index in [-0.39, 0.29) is 0 Å². The molecule has 0 spiro atoms. The molecule has 16 heavy (non-hydrogen) atoms. The molecule has 2 heterocycles. The average Bonchev–Trinajstić information content (AvgIpc) is 2.30. The van der Waals surface area contributed by atoms with Gasteiger partial charge in [0.15, 0.2) is 0 Å². The van der Waals surface area contributed by atoms with Gasteiger partial charge in [-0.15, -0.1) is 0 Å². The van der Waals surface area contributed by atoms with Gasteiger partial charge in [0, 0.05) is 41.1 Å². The third-order valence-electron chi connectivity index (χ3n) is 3.06. The summed E-state index contributed by atoms with van der Waals surface area (Å²) in [4.78, 5) is 4.36. The first-order valence-electron chi connectivity index (χ1n) is 5.74. The van der Waals surface area contributed by atoms with E-state index < -0.39 is 10.8 Å². The predicted molar refractivity (Wildman–Crippen MR) is 66.7 cm³/mol. The Morgan fingerprint density at radius 1 is 1.50 bits per heavy atom. The maximum atomic E-state index is 11.2. The summed E-state index contributed by atoms with van der Waals surface area (Å²) in [5.74, 6) is 1.69. The summed E-state index contributed by atoms with van der Waals surface area (Å²) < 4.78 is 11.2. The maximum absolute atomic E-state index is 11.2. The molecular formula is C12H18N2OS. The van der Waals surface area contributed by atoms with E-state index in [1.807, 2.05) is 12.3 Å². The second-order valence-corrected chi connectivity index (χ2v) is 5.97. The molecule has 1 aliphatic heterocycles. The Morgan fingerprint density at radius 2 is 2.25 bits per heavy atom. The van der Waals surface area contributed by atoms with E-state index in [1.54, 1.807) is 0 Å². The van der Waals surface area contributed by atoms with Gasteiger partial charge in [-0.2, -0.15) is 0 Å². The van der Waals surface area contributed by atoms with Crippen molar-refractivity contribution >= 4 is 10.8 Å². The third-order valence-corrected chi connectivity index (χ3v) is 4.45. The van der Waals surface area contributed by atoms with Crippen molar-refractivity contribution in [1.29, 1.82) is 0 Å². The highest BCUT2D eigenvalue weighted by Crippen LogP contribution is 2.10. The zero-order chi connectivity index (χ0) is 11.4. The molecule has 0 amide bonds. The Hall–Kier alpha value is -0.740. The number of nitrogens with one attached hydrogen (secondary N) is 1. The van der Waals surface area contributed by atoms with Gasteiger partial charge in [-0.05, 0) is 31.4 Å². The van der Waals surface area contributed by atoms with Crippen molar-refractivity contribution < 1.29 is 4.21 Å². The van der Waals surface area contributed by atoms with Crippen LogP contribution in [0.1, 0.15) is 24.1 Å². The average molecular weight is 238 g/mol. The standard InChI is InChI=1S/C12H18N2OS/c1-10-3-2-6-13-12(10)9-14-11-4-7-16(15)8-5-11/h2-3,6,11,14H,4-5,7-9H2,1H3. The number of aryl methyl sites for hydroxylation is 1. The number of hydrogen-bond acceptors (Lipinski definition) is 3. The van der Waals surface area contributed by atoms with Gasteiger partial charge in [0.1, 0.15) is 0 Å². The summed E-state index contributed by atoms with van der Waals surface area (Å²) in [6.07, 6.45) is 3.89. The minimum absolute atomic E-state index is 0.513. The van der Waals surface area contributed by atoms with Crippen LogP contribution in [0.4, 0.5) is 0 Å². The lowest BCUT2D eigenvalue weighted by molar-refractivity contribution is 0.471. The lowest BCUT2D eigenvalue weighted by Gasteiger charge is -2.22. The molecule has 0 bridgehead atoms. The van der Waals surface area contributed by atoms with Crippen LogP contribution in [0.5, 0.6) is 0 Å². The van der Waals surface area contributed by atoms with Crippen LogP contribution in [0, 0.1) is 6.92 Å². The number of rotatable bonds is 3. The summed E-state index contributed by atoms with van der Waals surface area (Å²) >= 11 is 0. The second kappa shape index (κ2) is 5.55. The molecule has 88 valence electrons. The van der Waals surface area contributed by atoms with Gasteiger partial charge in [0.25, 0.3) is 0 Å². The van der Waals surface area contributed by atoms with Crippen LogP contribution in [0.25, 0.3) is 0 Å². The van der Waals surface area contributed by atoms with Crippen molar-refractivity contribution in [1.82, 2.24) is 10.3 Å². The van der Waals surface area contributed by atoms with E-state index in [0.717, 1.165) is 36.6 Å². The minimum atomic E-state index is -0.569. The third kappa shape index (κ3) is 3.12. The Bertz CT molecular complexity index is 371. The summed E-state index contributed by atoms with van der Waals surface area (Å²) in [6.45, 7) is 2.91. The highest BCUT2D eigenvalue weighted by Gasteiger charge is 2.17. The molecule has 1 aromatic rings. The number of nitrogens with zero attached hydrogens (tertiary/aromatic N) is 1. The molecule has 1 fully saturated rings. The molecule has 0 aromatic carbocycles. The molecule has 0 atom stereocenters. The number of aromatic nitrogens is 1. The normalized spacial score (nSPS) is 25.6. The lowest BCUT2D eigenvalue weighted by Crippen LogP contribution is -2.35. The fourth-order valence-electron chi connectivity index (χ4n) is 1.94. The Balaban J connectivity index is 1.84. The summed E-state index contributed by atoms with van der Waals surface area (Å²) in [5, 5.41) is 3.50. The molecule has 0 saturated carbocycles. The lowest BCUT2D eigenvalue weighted by atomic mass is 10.1. The molecular weight excluding hydrogens is 220 g/mol. The highest BCUT2D eigenvalue weighted by atomic mass is 32.2. The minimum Gasteiger partial charge on any atom is -0.308 e. The van der Waals surface area contributed by atoms with Gasteiger partial charge >= 0.3 is 0 Å². The van der Waals surface area contributed by atoms with Crippen LogP contribution in [0.2, 0.25) is 0 Å². The Morgan fingerprint density at radius 3 is 2.94 bits per heavy atom. The van der Waals surface area contributed by atoms with Crippen molar-refractivity contribution in [2.75, 3.05) is 11.5 Å². The molecule has 0 radical (unpaired) electrons. The van der Waals surface area contributed by atoms with E-state index in [2.05, 4.69) is 23.3 Å². The van der Waals surface area contributed by atoms with Crippen molar-refractivity contribution in [2.45, 2.75) is 32.4 Å². The highest BCUT2D eigenvalue weighted by molar-refractivity contribution is 7.85. The van der Waals surface area contributed by atoms with Gasteiger partial charge in [0.2, 0.25) is 0 Å². The summed E-state index contributed by atoms with van der Waals surface area (Å²) in [7, 11) is -0.569. The molecule has 0 aliphatic carbocycles. The fraction of sp³-hybridized carbons (Fsp3) is 0.583. The number of hydrogen-bond donors (Lipinski definition) is 1. The Labute approximate surface area is 99.1 Å². The van der Waals surface area contributed by atoms with Crippen molar-refractivity contribution in [3.63, 3.8) is 0 Å². The number of pyridine rings is 1. The monoisotopic (exact) mass is 238 g/mol.